The molecule has 0 radical (unpaired) electrons. The molecule has 0 saturated carbocycles. The molecule has 26 heavy (non-hydrogen) atoms. The van der Waals surface area contributed by atoms with Crippen molar-refractivity contribution in [2.24, 2.45) is 5.73 Å². The van der Waals surface area contributed by atoms with Crippen molar-refractivity contribution in [3.63, 3.8) is 0 Å². The van der Waals surface area contributed by atoms with Crippen LogP contribution in [-0.4, -0.2) is 35.7 Å². The number of nitrogens with zero attached hydrogens (tertiary/aromatic N) is 1. The summed E-state index contributed by atoms with van der Waals surface area (Å²) in [6, 6.07) is 2.99. The Morgan fingerprint density at radius 1 is 1.38 bits per heavy atom. The van der Waals surface area contributed by atoms with Crippen molar-refractivity contribution in [2.75, 3.05) is 11.9 Å². The number of amides is 2. The summed E-state index contributed by atoms with van der Waals surface area (Å²) in [4.78, 5) is 27.6. The lowest BCUT2D eigenvalue weighted by atomic mass is 10.2. The molecule has 0 spiro atoms. The van der Waals surface area contributed by atoms with E-state index in [0.29, 0.717) is 16.6 Å². The van der Waals surface area contributed by atoms with Crippen LogP contribution in [0, 0.1) is 0 Å². The smallest absolute Gasteiger partial charge is 0.406 e. The maximum atomic E-state index is 12.2. The first-order chi connectivity index (χ1) is 12.2. The molecule has 1 aromatic carbocycles. The lowest BCUT2D eigenvalue weighted by Crippen LogP contribution is -2.43. The predicted octanol–water partition coefficient (Wildman–Crippen LogP) is 2.38. The van der Waals surface area contributed by atoms with Crippen molar-refractivity contribution in [1.82, 2.24) is 10.3 Å². The number of ether oxygens (including phenoxy) is 1. The number of thiazole rings is 1. The molecule has 0 fully saturated rings. The normalized spacial score (nSPS) is 12.7. The second-order valence-corrected chi connectivity index (χ2v) is 6.39. The highest BCUT2D eigenvalue weighted by atomic mass is 32.1. The number of anilines is 1. The van der Waals surface area contributed by atoms with E-state index in [1.807, 2.05) is 6.92 Å². The van der Waals surface area contributed by atoms with Crippen molar-refractivity contribution in [1.29, 1.82) is 0 Å². The Labute approximate surface area is 150 Å². The van der Waals surface area contributed by atoms with Crippen LogP contribution in [0.3, 0.4) is 0 Å². The highest BCUT2D eigenvalue weighted by Crippen LogP contribution is 2.31. The SMILES string of the molecule is CCC[C@H](N)C(=O)NCC(=O)Nc1nc2ccc(OC(F)(F)F)cc2s1. The van der Waals surface area contributed by atoms with Crippen LogP contribution in [0.5, 0.6) is 5.75 Å². The molecule has 1 aromatic heterocycles. The zero-order valence-corrected chi connectivity index (χ0v) is 14.5. The molecule has 1 atom stereocenters. The molecule has 7 nitrogen and oxygen atoms in total. The molecule has 0 aliphatic carbocycles. The van der Waals surface area contributed by atoms with Gasteiger partial charge in [0.25, 0.3) is 0 Å². The van der Waals surface area contributed by atoms with Crippen LogP contribution < -0.4 is 21.1 Å². The first-order valence-electron chi connectivity index (χ1n) is 7.67. The van der Waals surface area contributed by atoms with Gasteiger partial charge in [0.15, 0.2) is 5.13 Å². The number of aromatic nitrogens is 1. The van der Waals surface area contributed by atoms with E-state index in [1.54, 1.807) is 0 Å². The fourth-order valence-corrected chi connectivity index (χ4v) is 2.97. The Morgan fingerprint density at radius 2 is 2.12 bits per heavy atom. The second kappa shape index (κ2) is 8.32. The highest BCUT2D eigenvalue weighted by Gasteiger charge is 2.31. The minimum absolute atomic E-state index is 0.196. The Morgan fingerprint density at radius 3 is 2.77 bits per heavy atom. The molecule has 142 valence electrons. The van der Waals surface area contributed by atoms with E-state index in [9.17, 15) is 22.8 Å². The van der Waals surface area contributed by atoms with Gasteiger partial charge in [-0.2, -0.15) is 0 Å². The van der Waals surface area contributed by atoms with Crippen molar-refractivity contribution >= 4 is 38.5 Å². The molecule has 0 bridgehead atoms. The summed E-state index contributed by atoms with van der Waals surface area (Å²) in [7, 11) is 0. The molecule has 2 amide bonds. The van der Waals surface area contributed by atoms with Crippen molar-refractivity contribution < 1.29 is 27.5 Å². The lowest BCUT2D eigenvalue weighted by Gasteiger charge is -2.10. The highest BCUT2D eigenvalue weighted by molar-refractivity contribution is 7.22. The quantitative estimate of drug-likeness (QED) is 0.673. The molecular weight excluding hydrogens is 373 g/mol. The van der Waals surface area contributed by atoms with Gasteiger partial charge in [-0.1, -0.05) is 24.7 Å². The zero-order valence-electron chi connectivity index (χ0n) is 13.7. The number of nitrogens with two attached hydrogens (primary N) is 1. The van der Waals surface area contributed by atoms with Gasteiger partial charge in [0.2, 0.25) is 11.8 Å². The summed E-state index contributed by atoms with van der Waals surface area (Å²) < 4.78 is 41.0. The fourth-order valence-electron chi connectivity index (χ4n) is 2.06. The minimum Gasteiger partial charge on any atom is -0.406 e. The molecule has 0 unspecified atom stereocenters. The molecule has 0 aliphatic heterocycles. The maximum absolute atomic E-state index is 12.2. The van der Waals surface area contributed by atoms with Gasteiger partial charge >= 0.3 is 6.36 Å². The van der Waals surface area contributed by atoms with Crippen molar-refractivity contribution in [3.8, 4) is 5.75 Å². The number of carbonyl (C=O) groups excluding carboxylic acids is 2. The number of fused-ring (bicyclic) bond motifs is 1. The monoisotopic (exact) mass is 390 g/mol. The number of carbonyl (C=O) groups is 2. The molecule has 2 aromatic rings. The largest absolute Gasteiger partial charge is 0.573 e. The summed E-state index contributed by atoms with van der Waals surface area (Å²) in [5.41, 5.74) is 6.04. The van der Waals surface area contributed by atoms with Crippen LogP contribution in [-0.2, 0) is 9.59 Å². The number of rotatable bonds is 7. The van der Waals surface area contributed by atoms with E-state index in [2.05, 4.69) is 20.4 Å². The lowest BCUT2D eigenvalue weighted by molar-refractivity contribution is -0.274. The van der Waals surface area contributed by atoms with E-state index < -0.39 is 24.2 Å². The first kappa shape index (κ1) is 19.9. The van der Waals surface area contributed by atoms with Crippen molar-refractivity contribution in [2.45, 2.75) is 32.2 Å². The average Bonchev–Trinajstić information content (AvgIpc) is 2.92. The molecule has 2 rings (SSSR count). The third-order valence-corrected chi connectivity index (χ3v) is 4.13. The summed E-state index contributed by atoms with van der Waals surface area (Å²) in [5, 5.41) is 5.08. The standard InChI is InChI=1S/C15H17F3N4O3S/c1-2-3-9(19)13(24)20-7-12(23)22-14-21-10-5-4-8(6-11(10)26-14)25-15(16,17)18/h4-6,9H,2-3,7,19H2,1H3,(H,20,24)(H,21,22,23)/t9-/m0/s1. The van der Waals surface area contributed by atoms with Gasteiger partial charge in [0.05, 0.1) is 22.8 Å². The number of nitrogens with one attached hydrogen (secondary N) is 2. The fraction of sp³-hybridized carbons (Fsp3) is 0.400. The third-order valence-electron chi connectivity index (χ3n) is 3.20. The second-order valence-electron chi connectivity index (χ2n) is 5.36. The number of benzene rings is 1. The third kappa shape index (κ3) is 5.85. The van der Waals surface area contributed by atoms with Crippen LogP contribution >= 0.6 is 11.3 Å². The van der Waals surface area contributed by atoms with Gasteiger partial charge in [-0.3, -0.25) is 9.59 Å². The van der Waals surface area contributed by atoms with E-state index in [0.717, 1.165) is 23.8 Å². The van der Waals surface area contributed by atoms with Gasteiger partial charge in [-0.25, -0.2) is 4.98 Å². The molecule has 0 aliphatic rings. The van der Waals surface area contributed by atoms with E-state index in [4.69, 9.17) is 5.73 Å². The summed E-state index contributed by atoms with van der Waals surface area (Å²) in [6.07, 6.45) is -3.54. The first-order valence-corrected chi connectivity index (χ1v) is 8.49. The maximum Gasteiger partial charge on any atom is 0.573 e. The van der Waals surface area contributed by atoms with Crippen LogP contribution in [0.4, 0.5) is 18.3 Å². The Balaban J connectivity index is 1.95. The Bertz CT molecular complexity index is 794. The summed E-state index contributed by atoms with van der Waals surface area (Å²) in [5.74, 6) is -1.32. The summed E-state index contributed by atoms with van der Waals surface area (Å²) in [6.45, 7) is 1.60. The Hall–Kier alpha value is -2.40. The van der Waals surface area contributed by atoms with Crippen molar-refractivity contribution in [3.05, 3.63) is 18.2 Å². The molecule has 4 N–H and O–H groups in total. The number of alkyl halides is 3. The van der Waals surface area contributed by atoms with Gasteiger partial charge in [0.1, 0.15) is 5.75 Å². The van der Waals surface area contributed by atoms with Gasteiger partial charge in [0, 0.05) is 6.07 Å². The van der Waals surface area contributed by atoms with Crippen LogP contribution in [0.25, 0.3) is 10.2 Å². The van der Waals surface area contributed by atoms with Crippen LogP contribution in [0.1, 0.15) is 19.8 Å². The van der Waals surface area contributed by atoms with E-state index in [-0.39, 0.29) is 17.4 Å². The predicted molar refractivity (Wildman–Crippen MR) is 90.8 cm³/mol. The Kier molecular flexibility index (Phi) is 6.37. The topological polar surface area (TPSA) is 106 Å². The van der Waals surface area contributed by atoms with E-state index in [1.165, 1.54) is 12.1 Å². The molecule has 11 heteroatoms. The number of halogens is 3. The minimum atomic E-state index is -4.79. The van der Waals surface area contributed by atoms with Gasteiger partial charge in [-0.15, -0.1) is 13.2 Å². The number of hydrogen-bond acceptors (Lipinski definition) is 6. The average molecular weight is 390 g/mol. The van der Waals surface area contributed by atoms with Gasteiger partial charge in [-0.05, 0) is 18.6 Å². The van der Waals surface area contributed by atoms with E-state index >= 15 is 0 Å². The molecule has 1 heterocycles. The number of hydrogen-bond donors (Lipinski definition) is 3. The molecular formula is C15H17F3N4O3S. The zero-order chi connectivity index (χ0) is 19.3. The summed E-state index contributed by atoms with van der Waals surface area (Å²) >= 11 is 0.987. The van der Waals surface area contributed by atoms with Gasteiger partial charge < -0.3 is 21.1 Å². The van der Waals surface area contributed by atoms with Crippen LogP contribution in [0.2, 0.25) is 0 Å². The molecule has 0 saturated heterocycles. The van der Waals surface area contributed by atoms with Crippen LogP contribution in [0.15, 0.2) is 18.2 Å².